The molecule has 0 amide bonds. The molecule has 0 saturated heterocycles. The maximum absolute atomic E-state index is 11.4. The maximum Gasteiger partial charge on any atom is 0.349 e. The Morgan fingerprint density at radius 1 is 1.67 bits per heavy atom. The number of thioether (sulfide) groups is 1. The van der Waals surface area contributed by atoms with Crippen molar-refractivity contribution < 1.29 is 0 Å². The zero-order chi connectivity index (χ0) is 13.0. The third-order valence-corrected chi connectivity index (χ3v) is 3.32. The smallest absolute Gasteiger partial charge is 0.349 e. The first-order chi connectivity index (χ1) is 8.72. The molecule has 0 aliphatic rings. The summed E-state index contributed by atoms with van der Waals surface area (Å²) in [5.74, 6) is 3.28. The highest BCUT2D eigenvalue weighted by Crippen LogP contribution is 2.08. The molecule has 2 rings (SSSR count). The van der Waals surface area contributed by atoms with Crippen molar-refractivity contribution >= 4 is 23.2 Å². The Morgan fingerprint density at radius 2 is 2.50 bits per heavy atom. The number of aryl methyl sites for hydroxylation is 1. The van der Waals surface area contributed by atoms with Crippen LogP contribution < -0.4 is 11.0 Å². The van der Waals surface area contributed by atoms with Crippen LogP contribution in [0.2, 0.25) is 0 Å². The fourth-order valence-electron chi connectivity index (χ4n) is 1.61. The van der Waals surface area contributed by atoms with Crippen LogP contribution in [0.1, 0.15) is 5.82 Å². The van der Waals surface area contributed by atoms with Gasteiger partial charge >= 0.3 is 5.69 Å². The molecule has 2 N–H and O–H groups in total. The van der Waals surface area contributed by atoms with Crippen LogP contribution in [-0.4, -0.2) is 37.6 Å². The summed E-state index contributed by atoms with van der Waals surface area (Å²) in [5, 5.41) is 9.54. The second-order valence-corrected chi connectivity index (χ2v) is 4.85. The number of hydrogen-bond donors (Lipinski definition) is 2. The molecule has 0 aliphatic carbocycles. The molecule has 0 bridgehead atoms. The van der Waals surface area contributed by atoms with E-state index in [0.29, 0.717) is 11.5 Å². The molecule has 0 radical (unpaired) electrons. The van der Waals surface area contributed by atoms with Gasteiger partial charge in [-0.2, -0.15) is 16.9 Å². The Labute approximate surface area is 109 Å². The van der Waals surface area contributed by atoms with Crippen LogP contribution in [0.4, 0.5) is 5.82 Å². The van der Waals surface area contributed by atoms with Gasteiger partial charge in [0.05, 0.1) is 0 Å². The van der Waals surface area contributed by atoms with Gasteiger partial charge in [0.25, 0.3) is 0 Å². The number of hydrogen-bond acceptors (Lipinski definition) is 5. The first kappa shape index (κ1) is 12.7. The Balaban J connectivity index is 2.06. The number of aromatic nitrogens is 4. The van der Waals surface area contributed by atoms with Crippen LogP contribution in [0, 0.1) is 6.92 Å². The topological polar surface area (TPSA) is 75.1 Å². The second kappa shape index (κ2) is 5.72. The van der Waals surface area contributed by atoms with Gasteiger partial charge in [0.1, 0.15) is 11.6 Å². The predicted molar refractivity (Wildman–Crippen MR) is 74.4 cm³/mol. The molecule has 0 fully saturated rings. The van der Waals surface area contributed by atoms with Gasteiger partial charge in [-0.1, -0.05) is 6.08 Å². The summed E-state index contributed by atoms with van der Waals surface area (Å²) in [4.78, 5) is 15.7. The minimum atomic E-state index is -0.261. The standard InChI is InChI=1S/C11H15N5OS/c1-3-5-18-6-4-12-9-7-10-14-15-11(17)16(10)8(2)13-9/h3,7,12H,1,4-6H2,2H3,(H,15,17). The van der Waals surface area contributed by atoms with Crippen molar-refractivity contribution in [3.63, 3.8) is 0 Å². The summed E-state index contributed by atoms with van der Waals surface area (Å²) in [6.07, 6.45) is 1.88. The fraction of sp³-hybridized carbons (Fsp3) is 0.364. The number of rotatable bonds is 6. The Hall–Kier alpha value is -1.76. The molecule has 0 saturated carbocycles. The van der Waals surface area contributed by atoms with E-state index in [1.165, 1.54) is 4.40 Å². The second-order valence-electron chi connectivity index (χ2n) is 3.70. The number of anilines is 1. The number of aromatic amines is 1. The fourth-order valence-corrected chi connectivity index (χ4v) is 2.19. The molecule has 0 atom stereocenters. The van der Waals surface area contributed by atoms with E-state index in [0.717, 1.165) is 23.9 Å². The summed E-state index contributed by atoms with van der Waals surface area (Å²) in [6.45, 7) is 6.26. The molecule has 18 heavy (non-hydrogen) atoms. The van der Waals surface area contributed by atoms with E-state index >= 15 is 0 Å². The van der Waals surface area contributed by atoms with Crippen LogP contribution in [-0.2, 0) is 0 Å². The lowest BCUT2D eigenvalue weighted by Crippen LogP contribution is -2.14. The number of fused-ring (bicyclic) bond motifs is 1. The highest BCUT2D eigenvalue weighted by atomic mass is 32.2. The average Bonchev–Trinajstić information content (AvgIpc) is 2.71. The molecule has 96 valence electrons. The first-order valence-electron chi connectivity index (χ1n) is 5.59. The van der Waals surface area contributed by atoms with Crippen LogP contribution in [0.3, 0.4) is 0 Å². The van der Waals surface area contributed by atoms with Gasteiger partial charge in [-0.15, -0.1) is 6.58 Å². The van der Waals surface area contributed by atoms with E-state index in [1.807, 2.05) is 6.08 Å². The lowest BCUT2D eigenvalue weighted by molar-refractivity contribution is 0.934. The lowest BCUT2D eigenvalue weighted by atomic mass is 10.5. The maximum atomic E-state index is 11.4. The summed E-state index contributed by atoms with van der Waals surface area (Å²) in [6, 6.07) is 1.75. The number of nitrogens with one attached hydrogen (secondary N) is 2. The summed E-state index contributed by atoms with van der Waals surface area (Å²) < 4.78 is 1.44. The molecule has 6 nitrogen and oxygen atoms in total. The molecule has 2 aromatic rings. The number of H-pyrrole nitrogens is 1. The van der Waals surface area contributed by atoms with Crippen molar-refractivity contribution in [2.75, 3.05) is 23.4 Å². The zero-order valence-electron chi connectivity index (χ0n) is 10.1. The quantitative estimate of drug-likeness (QED) is 0.603. The van der Waals surface area contributed by atoms with E-state index in [4.69, 9.17) is 0 Å². The van der Waals surface area contributed by atoms with Gasteiger partial charge in [0, 0.05) is 24.1 Å². The Morgan fingerprint density at radius 3 is 3.28 bits per heavy atom. The molecule has 0 spiro atoms. The Kier molecular flexibility index (Phi) is 4.03. The van der Waals surface area contributed by atoms with Gasteiger partial charge in [-0.3, -0.25) is 0 Å². The van der Waals surface area contributed by atoms with Gasteiger partial charge in [-0.05, 0) is 6.92 Å². The summed E-state index contributed by atoms with van der Waals surface area (Å²) >= 11 is 1.80. The van der Waals surface area contributed by atoms with Gasteiger partial charge in [0.15, 0.2) is 5.65 Å². The molecule has 7 heteroatoms. The third-order valence-electron chi connectivity index (χ3n) is 2.36. The van der Waals surface area contributed by atoms with Gasteiger partial charge < -0.3 is 5.32 Å². The lowest BCUT2D eigenvalue weighted by Gasteiger charge is -2.06. The van der Waals surface area contributed by atoms with Crippen LogP contribution in [0.25, 0.3) is 5.65 Å². The van der Waals surface area contributed by atoms with E-state index in [9.17, 15) is 4.79 Å². The van der Waals surface area contributed by atoms with E-state index in [-0.39, 0.29) is 5.69 Å². The zero-order valence-corrected chi connectivity index (χ0v) is 11.0. The molecule has 2 aromatic heterocycles. The van der Waals surface area contributed by atoms with Crippen LogP contribution in [0.5, 0.6) is 0 Å². The number of nitrogens with zero attached hydrogens (tertiary/aromatic N) is 3. The summed E-state index contributed by atoms with van der Waals surface area (Å²) in [5.41, 5.74) is 0.317. The predicted octanol–water partition coefficient (Wildman–Crippen LogP) is 1.06. The van der Waals surface area contributed by atoms with E-state index < -0.39 is 0 Å². The van der Waals surface area contributed by atoms with Gasteiger partial charge in [0.2, 0.25) is 0 Å². The van der Waals surface area contributed by atoms with Crippen molar-refractivity contribution in [3.8, 4) is 0 Å². The van der Waals surface area contributed by atoms with Crippen LogP contribution >= 0.6 is 11.8 Å². The van der Waals surface area contributed by atoms with E-state index in [2.05, 4.69) is 27.1 Å². The third kappa shape index (κ3) is 2.73. The molecular formula is C11H15N5OS. The molecule has 2 heterocycles. The van der Waals surface area contributed by atoms with Crippen molar-refractivity contribution in [3.05, 3.63) is 35.0 Å². The SMILES string of the molecule is C=CCSCCNc1cc2n[nH]c(=O)n2c(C)n1. The monoisotopic (exact) mass is 265 g/mol. The van der Waals surface area contributed by atoms with E-state index in [1.54, 1.807) is 24.8 Å². The summed E-state index contributed by atoms with van der Waals surface area (Å²) in [7, 11) is 0. The van der Waals surface area contributed by atoms with Crippen molar-refractivity contribution in [1.82, 2.24) is 19.6 Å². The van der Waals surface area contributed by atoms with Crippen molar-refractivity contribution in [1.29, 1.82) is 0 Å². The highest BCUT2D eigenvalue weighted by molar-refractivity contribution is 7.99. The minimum Gasteiger partial charge on any atom is -0.369 e. The van der Waals surface area contributed by atoms with Crippen molar-refractivity contribution in [2.45, 2.75) is 6.92 Å². The molecular weight excluding hydrogens is 250 g/mol. The first-order valence-corrected chi connectivity index (χ1v) is 6.75. The normalized spacial score (nSPS) is 10.7. The van der Waals surface area contributed by atoms with Gasteiger partial charge in [-0.25, -0.2) is 19.3 Å². The molecule has 0 aliphatic heterocycles. The van der Waals surface area contributed by atoms with Crippen molar-refractivity contribution in [2.24, 2.45) is 0 Å². The Bertz CT molecular complexity index is 603. The molecule has 0 aromatic carbocycles. The molecule has 0 unspecified atom stereocenters. The highest BCUT2D eigenvalue weighted by Gasteiger charge is 2.06. The minimum absolute atomic E-state index is 0.261. The average molecular weight is 265 g/mol. The van der Waals surface area contributed by atoms with Crippen LogP contribution in [0.15, 0.2) is 23.5 Å². The largest absolute Gasteiger partial charge is 0.369 e.